The van der Waals surface area contributed by atoms with Gasteiger partial charge < -0.3 is 0 Å². The van der Waals surface area contributed by atoms with Crippen molar-refractivity contribution in [3.8, 4) is 11.8 Å². The van der Waals surface area contributed by atoms with Crippen LogP contribution >= 0.6 is 0 Å². The third-order valence-electron chi connectivity index (χ3n) is 2.79. The first kappa shape index (κ1) is 16.7. The van der Waals surface area contributed by atoms with Crippen molar-refractivity contribution in [1.82, 2.24) is 0 Å². The van der Waals surface area contributed by atoms with Crippen LogP contribution in [0.5, 0.6) is 5.75 Å². The average molecular weight is 317 g/mol. The summed E-state index contributed by atoms with van der Waals surface area (Å²) in [7, 11) is 0. The molecule has 1 aromatic rings. The lowest BCUT2D eigenvalue weighted by Crippen LogP contribution is -1.91. The fourth-order valence-electron chi connectivity index (χ4n) is 1.68. The molecule has 0 amide bonds. The molecule has 0 N–H and O–H groups in total. The minimum absolute atomic E-state index is 0.435. The zero-order valence-corrected chi connectivity index (χ0v) is 12.8. The molecule has 0 bridgehead atoms. The smallest absolute Gasteiger partial charge is 0.188 e. The van der Waals surface area contributed by atoms with Crippen LogP contribution in [0.4, 0.5) is 0 Å². The molecule has 1 aliphatic rings. The Morgan fingerprint density at radius 1 is 0.875 bits per heavy atom. The number of hydrogen-bond acceptors (Lipinski definition) is 5. The summed E-state index contributed by atoms with van der Waals surface area (Å²) in [6.07, 6.45) is 19.4. The maximum absolute atomic E-state index is 8.99. The number of hydrogen-bond donors (Lipinski definition) is 0. The molecule has 0 unspecified atom stereocenters. The molecule has 0 saturated carbocycles. The van der Waals surface area contributed by atoms with Crippen LogP contribution in [0.3, 0.4) is 0 Å². The van der Waals surface area contributed by atoms with E-state index in [0.717, 1.165) is 5.56 Å². The third-order valence-corrected chi connectivity index (χ3v) is 2.79. The van der Waals surface area contributed by atoms with E-state index in [-0.39, 0.29) is 0 Å². The van der Waals surface area contributed by atoms with Crippen LogP contribution in [0, 0.1) is 11.3 Å². The van der Waals surface area contributed by atoms with Crippen LogP contribution < -0.4 is 4.89 Å². The second-order valence-electron chi connectivity index (χ2n) is 4.46. The van der Waals surface area contributed by atoms with Crippen molar-refractivity contribution in [2.45, 2.75) is 0 Å². The van der Waals surface area contributed by atoms with Crippen LogP contribution in [0.2, 0.25) is 0 Å². The highest BCUT2D eigenvalue weighted by molar-refractivity contribution is 5.58. The Labute approximate surface area is 140 Å². The molecule has 0 radical (unpaired) electrons. The average Bonchev–Trinajstić information content (AvgIpc) is 2.61. The van der Waals surface area contributed by atoms with Crippen molar-refractivity contribution >= 4 is 6.08 Å². The fourth-order valence-corrected chi connectivity index (χ4v) is 1.68. The Bertz CT molecular complexity index is 791. The molecule has 0 fully saturated rings. The minimum Gasteiger partial charge on any atom is -0.265 e. The molecule has 5 heteroatoms. The molecular weight excluding hydrogens is 302 g/mol. The van der Waals surface area contributed by atoms with Crippen molar-refractivity contribution in [3.63, 3.8) is 0 Å². The molecule has 5 nitrogen and oxygen atoms in total. The predicted octanol–water partition coefficient (Wildman–Crippen LogP) is 5.02. The van der Waals surface area contributed by atoms with Crippen LogP contribution in [0.25, 0.3) is 6.08 Å². The SMILES string of the molecule is N#CC1=C/C=C\C=C/C=C\C=C/c2ccccc2OON=N/C=C\1. The van der Waals surface area contributed by atoms with Gasteiger partial charge >= 0.3 is 0 Å². The van der Waals surface area contributed by atoms with E-state index in [1.165, 1.54) is 12.3 Å². The Balaban J connectivity index is 2.22. The van der Waals surface area contributed by atoms with Crippen molar-refractivity contribution in [2.75, 3.05) is 0 Å². The second-order valence-corrected chi connectivity index (χ2v) is 4.46. The first-order chi connectivity index (χ1) is 11.9. The molecule has 0 aromatic heterocycles. The molecule has 24 heavy (non-hydrogen) atoms. The van der Waals surface area contributed by atoms with Crippen molar-refractivity contribution in [2.24, 2.45) is 10.4 Å². The van der Waals surface area contributed by atoms with E-state index < -0.39 is 0 Å². The number of benzene rings is 1. The first-order valence-corrected chi connectivity index (χ1v) is 7.18. The summed E-state index contributed by atoms with van der Waals surface area (Å²) in [5.74, 6) is 0.516. The quantitative estimate of drug-likeness (QED) is 0.631. The topological polar surface area (TPSA) is 67.0 Å². The number of rotatable bonds is 0. The van der Waals surface area contributed by atoms with Gasteiger partial charge in [0.25, 0.3) is 0 Å². The van der Waals surface area contributed by atoms with E-state index in [0.29, 0.717) is 11.3 Å². The van der Waals surface area contributed by atoms with Gasteiger partial charge in [-0.25, -0.2) is 0 Å². The normalized spacial score (nSPS) is 23.4. The lowest BCUT2D eigenvalue weighted by Gasteiger charge is -2.02. The van der Waals surface area contributed by atoms with Gasteiger partial charge in [-0.15, -0.1) is 10.1 Å². The standard InChI is InChI=1S/C19H15N3O2/c20-16-17-10-6-4-2-1-3-5-7-11-18-12-8-9-13-19(18)23-24-22-21-15-14-17/h1-15H/b2-1-,5-3-,6-4-,11-7-,15-14-,17-10+,22-21?. The zero-order valence-electron chi connectivity index (χ0n) is 12.8. The molecule has 0 saturated heterocycles. The van der Waals surface area contributed by atoms with Crippen molar-refractivity contribution < 1.29 is 9.88 Å². The molecule has 118 valence electrons. The number of allylic oxidation sites excluding steroid dienone is 10. The number of nitrogens with zero attached hydrogens (tertiary/aromatic N) is 3. The molecule has 0 aliphatic carbocycles. The molecule has 0 spiro atoms. The first-order valence-electron chi connectivity index (χ1n) is 7.18. The lowest BCUT2D eigenvalue weighted by molar-refractivity contribution is -0.215. The van der Waals surface area contributed by atoms with E-state index >= 15 is 0 Å². The summed E-state index contributed by atoms with van der Waals surface area (Å²) in [4.78, 5) is 9.81. The van der Waals surface area contributed by atoms with Gasteiger partial charge in [-0.2, -0.15) is 5.26 Å². The van der Waals surface area contributed by atoms with E-state index in [4.69, 9.17) is 15.1 Å². The van der Waals surface area contributed by atoms with Gasteiger partial charge in [-0.05, 0) is 18.2 Å². The van der Waals surface area contributed by atoms with Crippen LogP contribution in [-0.4, -0.2) is 0 Å². The fraction of sp³-hybridized carbons (Fsp3) is 0. The van der Waals surface area contributed by atoms with Crippen LogP contribution in [0.1, 0.15) is 5.56 Å². The Kier molecular flexibility index (Phi) is 7.06. The van der Waals surface area contributed by atoms with Gasteiger partial charge in [-0.3, -0.25) is 4.89 Å². The maximum atomic E-state index is 8.99. The largest absolute Gasteiger partial charge is 0.265 e. The lowest BCUT2D eigenvalue weighted by atomic mass is 10.2. The van der Waals surface area contributed by atoms with Crippen LogP contribution in [0.15, 0.2) is 101 Å². The number of nitriles is 1. The summed E-state index contributed by atoms with van der Waals surface area (Å²) in [6.45, 7) is 0. The Morgan fingerprint density at radius 3 is 2.46 bits per heavy atom. The van der Waals surface area contributed by atoms with E-state index in [1.54, 1.807) is 18.2 Å². The highest BCUT2D eigenvalue weighted by Gasteiger charge is 2.00. The summed E-state index contributed by atoms with van der Waals surface area (Å²) >= 11 is 0. The third kappa shape index (κ3) is 6.00. The summed E-state index contributed by atoms with van der Waals surface area (Å²) < 4.78 is 0. The second kappa shape index (κ2) is 10.1. The summed E-state index contributed by atoms with van der Waals surface area (Å²) in [6, 6.07) is 9.41. The van der Waals surface area contributed by atoms with Gasteiger partial charge in [0.05, 0.1) is 23.1 Å². The zero-order chi connectivity index (χ0) is 16.9. The van der Waals surface area contributed by atoms with Gasteiger partial charge in [0.1, 0.15) is 0 Å². The Hall–Kier alpha value is -3.65. The van der Waals surface area contributed by atoms with Crippen molar-refractivity contribution in [3.05, 3.63) is 96.3 Å². The summed E-state index contributed by atoms with van der Waals surface area (Å²) in [5.41, 5.74) is 1.28. The number of fused-ring (bicyclic) bond motifs is 1. The summed E-state index contributed by atoms with van der Waals surface area (Å²) in [5, 5.41) is 16.0. The highest BCUT2D eigenvalue weighted by atomic mass is 17.3. The molecular formula is C19H15N3O2. The maximum Gasteiger partial charge on any atom is 0.188 e. The van der Waals surface area contributed by atoms with Gasteiger partial charge in [0, 0.05) is 5.56 Å². The van der Waals surface area contributed by atoms with Gasteiger partial charge in [0.15, 0.2) is 5.75 Å². The predicted molar refractivity (Wildman–Crippen MR) is 92.3 cm³/mol. The molecule has 1 aromatic carbocycles. The van der Waals surface area contributed by atoms with Gasteiger partial charge in [0.2, 0.25) is 0 Å². The van der Waals surface area contributed by atoms with E-state index in [2.05, 4.69) is 10.4 Å². The molecule has 1 heterocycles. The monoisotopic (exact) mass is 317 g/mol. The van der Waals surface area contributed by atoms with Gasteiger partial charge in [-0.1, -0.05) is 66.8 Å². The Morgan fingerprint density at radius 2 is 1.62 bits per heavy atom. The van der Waals surface area contributed by atoms with E-state index in [1.807, 2.05) is 66.8 Å². The van der Waals surface area contributed by atoms with Crippen molar-refractivity contribution in [1.29, 1.82) is 5.26 Å². The van der Waals surface area contributed by atoms with Crippen LogP contribution in [-0.2, 0) is 4.99 Å². The molecule has 0 atom stereocenters. The minimum atomic E-state index is 0.435. The highest BCUT2D eigenvalue weighted by Crippen LogP contribution is 2.19. The van der Waals surface area contributed by atoms with E-state index in [9.17, 15) is 0 Å². The molecule has 2 rings (SSSR count). The number of para-hydroxylation sites is 1. The molecule has 1 aliphatic heterocycles.